The first-order valence-electron chi connectivity index (χ1n) is 5.06. The molecule has 2 heterocycles. The van der Waals surface area contributed by atoms with Gasteiger partial charge in [0.25, 0.3) is 6.01 Å². The van der Waals surface area contributed by atoms with Gasteiger partial charge < -0.3 is 9.32 Å². The summed E-state index contributed by atoms with van der Waals surface area (Å²) in [6.45, 7) is 1.09. The van der Waals surface area contributed by atoms with E-state index >= 15 is 0 Å². The lowest BCUT2D eigenvalue weighted by molar-refractivity contribution is 0.536. The van der Waals surface area contributed by atoms with Crippen molar-refractivity contribution in [3.05, 3.63) is 12.0 Å². The van der Waals surface area contributed by atoms with E-state index in [0.29, 0.717) is 37.1 Å². The highest BCUT2D eigenvalue weighted by atomic mass is 35.5. The Labute approximate surface area is 99.3 Å². The quantitative estimate of drug-likeness (QED) is 0.747. The van der Waals surface area contributed by atoms with Crippen molar-refractivity contribution in [3.63, 3.8) is 0 Å². The van der Waals surface area contributed by atoms with Gasteiger partial charge in [-0.3, -0.25) is 0 Å². The number of alkyl halides is 1. The van der Waals surface area contributed by atoms with Crippen LogP contribution in [0.5, 0.6) is 0 Å². The van der Waals surface area contributed by atoms with Crippen LogP contribution in [0.2, 0.25) is 0 Å². The van der Waals surface area contributed by atoms with Gasteiger partial charge in [-0.05, 0) is 6.42 Å². The van der Waals surface area contributed by atoms with Gasteiger partial charge in [-0.25, -0.2) is 8.42 Å². The van der Waals surface area contributed by atoms with Gasteiger partial charge in [0.2, 0.25) is 0 Å². The molecule has 0 aliphatic carbocycles. The maximum absolute atomic E-state index is 11.4. The van der Waals surface area contributed by atoms with E-state index in [1.54, 1.807) is 0 Å². The summed E-state index contributed by atoms with van der Waals surface area (Å²) in [5, 5.41) is 0. The molecule has 1 saturated heterocycles. The fraction of sp³-hybridized carbons (Fsp3) is 0.667. The number of anilines is 1. The zero-order valence-electron chi connectivity index (χ0n) is 8.73. The van der Waals surface area contributed by atoms with E-state index < -0.39 is 9.84 Å². The third-order valence-electron chi connectivity index (χ3n) is 2.50. The van der Waals surface area contributed by atoms with Crippen LogP contribution in [0.4, 0.5) is 6.01 Å². The smallest absolute Gasteiger partial charge is 0.297 e. The van der Waals surface area contributed by atoms with Crippen molar-refractivity contribution in [2.45, 2.75) is 12.3 Å². The molecule has 0 N–H and O–H groups in total. The zero-order valence-corrected chi connectivity index (χ0v) is 10.3. The number of rotatable bonds is 2. The number of hydrogen-bond acceptors (Lipinski definition) is 5. The molecule has 0 amide bonds. The number of oxazole rings is 1. The SMILES string of the molecule is O=S1(=O)CCCN(c2nc(CCl)co2)CC1. The molecule has 1 aliphatic heterocycles. The number of nitrogens with zero attached hydrogens (tertiary/aromatic N) is 2. The average molecular weight is 265 g/mol. The summed E-state index contributed by atoms with van der Waals surface area (Å²) in [5.41, 5.74) is 0.670. The van der Waals surface area contributed by atoms with Crippen molar-refractivity contribution >= 4 is 27.5 Å². The van der Waals surface area contributed by atoms with E-state index in [1.165, 1.54) is 6.26 Å². The van der Waals surface area contributed by atoms with Crippen LogP contribution >= 0.6 is 11.6 Å². The number of halogens is 1. The number of hydrogen-bond donors (Lipinski definition) is 0. The molecular weight excluding hydrogens is 252 g/mol. The van der Waals surface area contributed by atoms with Gasteiger partial charge in [-0.15, -0.1) is 11.6 Å². The van der Waals surface area contributed by atoms with Crippen molar-refractivity contribution in [2.24, 2.45) is 0 Å². The molecular formula is C9H13ClN2O3S. The minimum absolute atomic E-state index is 0.158. The molecule has 0 saturated carbocycles. The molecule has 1 aliphatic rings. The monoisotopic (exact) mass is 264 g/mol. The first-order valence-corrected chi connectivity index (χ1v) is 7.42. The van der Waals surface area contributed by atoms with Crippen LogP contribution in [0.25, 0.3) is 0 Å². The first-order chi connectivity index (χ1) is 7.61. The van der Waals surface area contributed by atoms with Gasteiger partial charge in [-0.1, -0.05) is 0 Å². The van der Waals surface area contributed by atoms with Crippen molar-refractivity contribution in [1.82, 2.24) is 4.98 Å². The van der Waals surface area contributed by atoms with Gasteiger partial charge in [0, 0.05) is 13.1 Å². The maximum atomic E-state index is 11.4. The Kier molecular flexibility index (Phi) is 3.39. The predicted molar refractivity (Wildman–Crippen MR) is 61.5 cm³/mol. The molecule has 0 aromatic carbocycles. The second-order valence-corrected chi connectivity index (χ2v) is 6.32. The first kappa shape index (κ1) is 11.7. The van der Waals surface area contributed by atoms with Crippen LogP contribution < -0.4 is 4.90 Å². The molecule has 16 heavy (non-hydrogen) atoms. The maximum Gasteiger partial charge on any atom is 0.297 e. The number of sulfone groups is 1. The highest BCUT2D eigenvalue weighted by Gasteiger charge is 2.21. The molecule has 1 aromatic heterocycles. The summed E-state index contributed by atoms with van der Waals surface area (Å²) in [5.74, 6) is 0.702. The van der Waals surface area contributed by atoms with Crippen LogP contribution in [-0.2, 0) is 15.7 Å². The van der Waals surface area contributed by atoms with Gasteiger partial charge >= 0.3 is 0 Å². The molecule has 0 radical (unpaired) electrons. The Balaban J connectivity index is 2.10. The summed E-state index contributed by atoms with van der Waals surface area (Å²) in [6.07, 6.45) is 2.11. The largest absolute Gasteiger partial charge is 0.432 e. The molecule has 90 valence electrons. The van der Waals surface area contributed by atoms with E-state index in [1.807, 2.05) is 4.90 Å². The fourth-order valence-electron chi connectivity index (χ4n) is 1.63. The average Bonchev–Trinajstić information content (AvgIpc) is 2.64. The van der Waals surface area contributed by atoms with Crippen LogP contribution in [0, 0.1) is 0 Å². The third kappa shape index (κ3) is 2.68. The molecule has 0 unspecified atom stereocenters. The van der Waals surface area contributed by atoms with Gasteiger partial charge in [0.05, 0.1) is 23.1 Å². The van der Waals surface area contributed by atoms with Crippen LogP contribution in [-0.4, -0.2) is 38.0 Å². The van der Waals surface area contributed by atoms with E-state index in [2.05, 4.69) is 4.98 Å². The number of aromatic nitrogens is 1. The Morgan fingerprint density at radius 3 is 2.94 bits per heavy atom. The minimum Gasteiger partial charge on any atom is -0.432 e. The Hall–Kier alpha value is -0.750. The standard InChI is InChI=1S/C9H13ClN2O3S/c10-6-8-7-15-9(11-8)12-2-1-4-16(13,14)5-3-12/h7H,1-6H2. The predicted octanol–water partition coefficient (Wildman–Crippen LogP) is 1.04. The molecule has 0 spiro atoms. The topological polar surface area (TPSA) is 63.4 Å². The summed E-state index contributed by atoms with van der Waals surface area (Å²) in [6, 6.07) is 0.466. The lowest BCUT2D eigenvalue weighted by Gasteiger charge is -2.16. The molecule has 0 bridgehead atoms. The zero-order chi connectivity index (χ0) is 11.6. The second kappa shape index (κ2) is 4.63. The molecule has 5 nitrogen and oxygen atoms in total. The minimum atomic E-state index is -2.90. The summed E-state index contributed by atoms with van der Waals surface area (Å²) in [7, 11) is -2.90. The van der Waals surface area contributed by atoms with Crippen LogP contribution in [0.15, 0.2) is 10.7 Å². The van der Waals surface area contributed by atoms with Crippen molar-refractivity contribution in [2.75, 3.05) is 29.5 Å². The molecule has 1 fully saturated rings. The van der Waals surface area contributed by atoms with Crippen LogP contribution in [0.1, 0.15) is 12.1 Å². The Bertz CT molecular complexity index is 457. The Morgan fingerprint density at radius 1 is 1.44 bits per heavy atom. The lowest BCUT2D eigenvalue weighted by Crippen LogP contribution is -2.26. The van der Waals surface area contributed by atoms with Crippen molar-refractivity contribution < 1.29 is 12.8 Å². The highest BCUT2D eigenvalue weighted by molar-refractivity contribution is 7.91. The second-order valence-electron chi connectivity index (χ2n) is 3.75. The molecule has 1 aromatic rings. The van der Waals surface area contributed by atoms with E-state index in [0.717, 1.165) is 0 Å². The van der Waals surface area contributed by atoms with Crippen molar-refractivity contribution in [1.29, 1.82) is 0 Å². The van der Waals surface area contributed by atoms with Gasteiger partial charge in [-0.2, -0.15) is 4.98 Å². The van der Waals surface area contributed by atoms with Gasteiger partial charge in [0.15, 0.2) is 9.84 Å². The Morgan fingerprint density at radius 2 is 2.25 bits per heavy atom. The summed E-state index contributed by atoms with van der Waals surface area (Å²) < 4.78 is 28.1. The van der Waals surface area contributed by atoms with E-state index in [-0.39, 0.29) is 11.5 Å². The molecule has 7 heteroatoms. The van der Waals surface area contributed by atoms with E-state index in [9.17, 15) is 8.42 Å². The van der Waals surface area contributed by atoms with Crippen molar-refractivity contribution in [3.8, 4) is 0 Å². The molecule has 2 rings (SSSR count). The van der Waals surface area contributed by atoms with E-state index in [4.69, 9.17) is 16.0 Å². The van der Waals surface area contributed by atoms with Gasteiger partial charge in [0.1, 0.15) is 6.26 Å². The molecule has 0 atom stereocenters. The normalized spacial score (nSPS) is 20.7. The lowest BCUT2D eigenvalue weighted by atomic mass is 10.4. The third-order valence-corrected chi connectivity index (χ3v) is 4.49. The fourth-order valence-corrected chi connectivity index (χ4v) is 3.03. The summed E-state index contributed by atoms with van der Waals surface area (Å²) >= 11 is 5.62. The summed E-state index contributed by atoms with van der Waals surface area (Å²) in [4.78, 5) is 6.02. The van der Waals surface area contributed by atoms with Crippen LogP contribution in [0.3, 0.4) is 0 Å². The highest BCUT2D eigenvalue weighted by Crippen LogP contribution is 2.17.